The quantitative estimate of drug-likeness (QED) is 0.421. The standard InChI is InChI=1S/C27H30ClN5O3/c1-35-12-13-36-23-7-8-24(21(14-23)15-29)33-11-10-32(17-25(33)19-2-5-22(28)6-3-19)18-26(34)20-4-9-27(30)31-16-20/h2-9,14,16,25-26,34H,10-13,17-18H2,1H3,(H2,30,31)/t25-,26?/m0/s1. The molecule has 0 radical (unpaired) electrons. The highest BCUT2D eigenvalue weighted by molar-refractivity contribution is 6.30. The summed E-state index contributed by atoms with van der Waals surface area (Å²) in [6, 6.07) is 19.2. The number of anilines is 2. The monoisotopic (exact) mass is 507 g/mol. The molecule has 0 amide bonds. The Hall–Kier alpha value is -3.35. The zero-order chi connectivity index (χ0) is 25.5. The van der Waals surface area contributed by atoms with Gasteiger partial charge in [0.2, 0.25) is 0 Å². The summed E-state index contributed by atoms with van der Waals surface area (Å²) in [5.74, 6) is 1.06. The first kappa shape index (κ1) is 25.7. The Morgan fingerprint density at radius 2 is 1.97 bits per heavy atom. The van der Waals surface area contributed by atoms with Crippen LogP contribution in [-0.2, 0) is 4.74 Å². The van der Waals surface area contributed by atoms with Crippen LogP contribution < -0.4 is 15.4 Å². The number of benzene rings is 2. The lowest BCUT2D eigenvalue weighted by Gasteiger charge is -2.44. The summed E-state index contributed by atoms with van der Waals surface area (Å²) in [5.41, 5.74) is 8.88. The number of hydrogen-bond donors (Lipinski definition) is 2. The molecule has 0 saturated carbocycles. The van der Waals surface area contributed by atoms with Gasteiger partial charge in [-0.05, 0) is 42.0 Å². The van der Waals surface area contributed by atoms with Gasteiger partial charge in [0.1, 0.15) is 24.2 Å². The van der Waals surface area contributed by atoms with Crippen molar-refractivity contribution >= 4 is 23.1 Å². The highest BCUT2D eigenvalue weighted by atomic mass is 35.5. The Morgan fingerprint density at radius 1 is 1.17 bits per heavy atom. The molecule has 1 aromatic heterocycles. The number of halogens is 1. The van der Waals surface area contributed by atoms with E-state index in [0.29, 0.717) is 55.0 Å². The molecule has 188 valence electrons. The van der Waals surface area contributed by atoms with E-state index in [1.54, 1.807) is 31.5 Å². The number of nitriles is 1. The highest BCUT2D eigenvalue weighted by Crippen LogP contribution is 2.35. The maximum absolute atomic E-state index is 10.8. The first-order chi connectivity index (χ1) is 17.5. The van der Waals surface area contributed by atoms with Crippen molar-refractivity contribution in [2.75, 3.05) is 57.1 Å². The minimum absolute atomic E-state index is 0.0416. The fourth-order valence-electron chi connectivity index (χ4n) is 4.42. The van der Waals surface area contributed by atoms with Crippen LogP contribution in [0.3, 0.4) is 0 Å². The molecule has 0 bridgehead atoms. The SMILES string of the molecule is COCCOc1ccc(N2CCN(CC(O)c3ccc(N)nc3)C[C@H]2c2ccc(Cl)cc2)c(C#N)c1. The predicted octanol–water partition coefficient (Wildman–Crippen LogP) is 3.81. The number of nitrogens with zero attached hydrogens (tertiary/aromatic N) is 4. The number of pyridine rings is 1. The first-order valence-corrected chi connectivity index (χ1v) is 12.2. The lowest BCUT2D eigenvalue weighted by atomic mass is 9.99. The molecule has 9 heteroatoms. The predicted molar refractivity (Wildman–Crippen MR) is 140 cm³/mol. The van der Waals surface area contributed by atoms with E-state index in [1.165, 1.54) is 0 Å². The van der Waals surface area contributed by atoms with Gasteiger partial charge >= 0.3 is 0 Å². The van der Waals surface area contributed by atoms with Gasteiger partial charge in [0.25, 0.3) is 0 Å². The fourth-order valence-corrected chi connectivity index (χ4v) is 4.54. The van der Waals surface area contributed by atoms with E-state index in [4.69, 9.17) is 26.8 Å². The Kier molecular flexibility index (Phi) is 8.62. The van der Waals surface area contributed by atoms with Crippen LogP contribution in [0.2, 0.25) is 5.02 Å². The number of β-amino-alcohol motifs (C(OH)–C–C–N with tert-alkyl or cyclic N) is 1. The molecule has 0 spiro atoms. The third kappa shape index (κ3) is 6.25. The topological polar surface area (TPSA) is 108 Å². The molecule has 1 unspecified atom stereocenters. The van der Waals surface area contributed by atoms with Gasteiger partial charge in [-0.3, -0.25) is 4.90 Å². The third-order valence-electron chi connectivity index (χ3n) is 6.30. The summed E-state index contributed by atoms with van der Waals surface area (Å²) in [6.45, 7) is 3.42. The maximum atomic E-state index is 10.8. The molecule has 0 aliphatic carbocycles. The molecule has 3 N–H and O–H groups in total. The number of aromatic nitrogens is 1. The van der Waals surface area contributed by atoms with Crippen LogP contribution in [0.25, 0.3) is 0 Å². The van der Waals surface area contributed by atoms with E-state index in [9.17, 15) is 10.4 Å². The van der Waals surface area contributed by atoms with Crippen molar-refractivity contribution in [3.05, 3.63) is 82.5 Å². The van der Waals surface area contributed by atoms with Crippen LogP contribution in [0.5, 0.6) is 5.75 Å². The molecule has 1 fully saturated rings. The summed E-state index contributed by atoms with van der Waals surface area (Å²) in [7, 11) is 1.62. The van der Waals surface area contributed by atoms with Gasteiger partial charge in [0, 0.05) is 50.1 Å². The zero-order valence-electron chi connectivity index (χ0n) is 20.2. The maximum Gasteiger partial charge on any atom is 0.123 e. The molecule has 1 aliphatic rings. The highest BCUT2D eigenvalue weighted by Gasteiger charge is 2.31. The van der Waals surface area contributed by atoms with E-state index in [2.05, 4.69) is 20.9 Å². The number of nitrogens with two attached hydrogens (primary N) is 1. The van der Waals surface area contributed by atoms with Crippen molar-refractivity contribution in [1.29, 1.82) is 5.26 Å². The van der Waals surface area contributed by atoms with Gasteiger partial charge in [-0.25, -0.2) is 4.98 Å². The second-order valence-electron chi connectivity index (χ2n) is 8.68. The second-order valence-corrected chi connectivity index (χ2v) is 9.12. The van der Waals surface area contributed by atoms with Crippen LogP contribution in [-0.4, -0.2) is 61.5 Å². The van der Waals surface area contributed by atoms with Gasteiger partial charge in [0.05, 0.1) is 30.0 Å². The van der Waals surface area contributed by atoms with Crippen LogP contribution in [0.1, 0.15) is 28.8 Å². The Bertz CT molecular complexity index is 1180. The number of aliphatic hydroxyl groups is 1. The summed E-state index contributed by atoms with van der Waals surface area (Å²) in [4.78, 5) is 8.57. The first-order valence-electron chi connectivity index (χ1n) is 11.8. The molecule has 1 aliphatic heterocycles. The van der Waals surface area contributed by atoms with Crippen LogP contribution >= 0.6 is 11.6 Å². The average Bonchev–Trinajstić information content (AvgIpc) is 2.89. The molecule has 2 atom stereocenters. The number of ether oxygens (including phenoxy) is 2. The number of hydrogen-bond acceptors (Lipinski definition) is 8. The van der Waals surface area contributed by atoms with Gasteiger partial charge in [-0.15, -0.1) is 0 Å². The van der Waals surface area contributed by atoms with Crippen molar-refractivity contribution in [1.82, 2.24) is 9.88 Å². The molecule has 8 nitrogen and oxygen atoms in total. The number of nitrogen functional groups attached to an aromatic ring is 1. The van der Waals surface area contributed by atoms with Crippen LogP contribution in [0.4, 0.5) is 11.5 Å². The lowest BCUT2D eigenvalue weighted by Crippen LogP contribution is -2.49. The van der Waals surface area contributed by atoms with E-state index in [1.807, 2.05) is 36.4 Å². The second kappa shape index (κ2) is 12.1. The Balaban J connectivity index is 1.57. The number of piperazine rings is 1. The number of rotatable bonds is 9. The largest absolute Gasteiger partial charge is 0.491 e. The zero-order valence-corrected chi connectivity index (χ0v) is 20.9. The minimum Gasteiger partial charge on any atom is -0.491 e. The molecule has 2 aromatic carbocycles. The molecule has 2 heterocycles. The van der Waals surface area contributed by atoms with Crippen LogP contribution in [0.15, 0.2) is 60.8 Å². The summed E-state index contributed by atoms with van der Waals surface area (Å²) >= 11 is 6.16. The Labute approximate surface area is 216 Å². The third-order valence-corrected chi connectivity index (χ3v) is 6.55. The van der Waals surface area contributed by atoms with Crippen LogP contribution in [0, 0.1) is 11.3 Å². The molecule has 3 aromatic rings. The number of aliphatic hydroxyl groups excluding tert-OH is 1. The Morgan fingerprint density at radius 3 is 2.67 bits per heavy atom. The smallest absolute Gasteiger partial charge is 0.123 e. The van der Waals surface area contributed by atoms with Crippen molar-refractivity contribution in [2.24, 2.45) is 0 Å². The number of methoxy groups -OCH3 is 1. The summed E-state index contributed by atoms with van der Waals surface area (Å²) in [6.07, 6.45) is 0.927. The molecule has 4 rings (SSSR count). The molecular weight excluding hydrogens is 478 g/mol. The van der Waals surface area contributed by atoms with Crippen molar-refractivity contribution in [3.8, 4) is 11.8 Å². The summed E-state index contributed by atoms with van der Waals surface area (Å²) < 4.78 is 10.8. The average molecular weight is 508 g/mol. The van der Waals surface area contributed by atoms with Gasteiger partial charge in [-0.2, -0.15) is 5.26 Å². The van der Waals surface area contributed by atoms with E-state index in [-0.39, 0.29) is 6.04 Å². The van der Waals surface area contributed by atoms with Gasteiger partial charge in [-0.1, -0.05) is 29.8 Å². The summed E-state index contributed by atoms with van der Waals surface area (Å²) in [5, 5.41) is 21.4. The molecule has 36 heavy (non-hydrogen) atoms. The normalized spacial score (nSPS) is 16.9. The van der Waals surface area contributed by atoms with Crippen molar-refractivity contribution < 1.29 is 14.6 Å². The van der Waals surface area contributed by atoms with Gasteiger partial charge < -0.3 is 25.2 Å². The lowest BCUT2D eigenvalue weighted by molar-refractivity contribution is 0.100. The van der Waals surface area contributed by atoms with Crippen molar-refractivity contribution in [3.63, 3.8) is 0 Å². The van der Waals surface area contributed by atoms with Crippen molar-refractivity contribution in [2.45, 2.75) is 12.1 Å². The van der Waals surface area contributed by atoms with E-state index in [0.717, 1.165) is 23.4 Å². The van der Waals surface area contributed by atoms with E-state index < -0.39 is 6.10 Å². The minimum atomic E-state index is -0.686. The fraction of sp³-hybridized carbons (Fsp3) is 0.333. The molecular formula is C27H30ClN5O3. The van der Waals surface area contributed by atoms with E-state index >= 15 is 0 Å². The molecule has 1 saturated heterocycles. The van der Waals surface area contributed by atoms with Gasteiger partial charge in [0.15, 0.2) is 0 Å².